The van der Waals surface area contributed by atoms with Crippen molar-refractivity contribution < 1.29 is 9.50 Å². The topological polar surface area (TPSA) is 32.3 Å². The molecule has 1 atom stereocenters. The Morgan fingerprint density at radius 1 is 1.53 bits per heavy atom. The van der Waals surface area contributed by atoms with Crippen LogP contribution in [0.4, 0.5) is 4.39 Å². The quantitative estimate of drug-likeness (QED) is 0.868. The molecular weight excluding hydrogens is 261 g/mol. The van der Waals surface area contributed by atoms with E-state index in [-0.39, 0.29) is 16.0 Å². The van der Waals surface area contributed by atoms with E-state index >= 15 is 0 Å². The van der Waals surface area contributed by atoms with Gasteiger partial charge in [-0.2, -0.15) is 0 Å². The zero-order valence-electron chi connectivity index (χ0n) is 8.26. The number of phenolic OH excluding ortho intramolecular Hbond substituents is 1. The molecule has 0 aromatic heterocycles. The standard InChI is InChI=1S/C11H13BrFNO/c12-10-9(15)4-3-7(11(10)13)6-8-2-1-5-14-8/h3-4,8,14-15H,1-2,5-6H2. The average molecular weight is 274 g/mol. The molecule has 1 aliphatic heterocycles. The molecule has 0 saturated carbocycles. The molecule has 1 heterocycles. The van der Waals surface area contributed by atoms with Gasteiger partial charge in [0.15, 0.2) is 0 Å². The molecule has 1 aliphatic rings. The number of hydrogen-bond acceptors (Lipinski definition) is 2. The van der Waals surface area contributed by atoms with Gasteiger partial charge in [-0.15, -0.1) is 0 Å². The second-order valence-corrected chi connectivity index (χ2v) is 4.66. The van der Waals surface area contributed by atoms with E-state index in [0.717, 1.165) is 19.4 Å². The van der Waals surface area contributed by atoms with Crippen molar-refractivity contribution in [2.75, 3.05) is 6.54 Å². The van der Waals surface area contributed by atoms with E-state index in [2.05, 4.69) is 21.2 Å². The molecule has 0 aliphatic carbocycles. The summed E-state index contributed by atoms with van der Waals surface area (Å²) >= 11 is 3.03. The van der Waals surface area contributed by atoms with Crippen molar-refractivity contribution in [1.29, 1.82) is 0 Å². The molecule has 1 aromatic carbocycles. The lowest BCUT2D eigenvalue weighted by Gasteiger charge is -2.11. The maximum atomic E-state index is 13.7. The predicted molar refractivity (Wildman–Crippen MR) is 60.5 cm³/mol. The summed E-state index contributed by atoms with van der Waals surface area (Å²) in [5.41, 5.74) is 0.652. The van der Waals surface area contributed by atoms with Crippen LogP contribution in [-0.4, -0.2) is 17.7 Å². The summed E-state index contributed by atoms with van der Waals surface area (Å²) in [5.74, 6) is -0.390. The van der Waals surface area contributed by atoms with Crippen LogP contribution < -0.4 is 5.32 Å². The minimum absolute atomic E-state index is 0.0457. The average Bonchev–Trinajstić information content (AvgIpc) is 2.72. The van der Waals surface area contributed by atoms with Crippen LogP contribution >= 0.6 is 15.9 Å². The molecule has 0 spiro atoms. The fourth-order valence-corrected chi connectivity index (χ4v) is 2.32. The zero-order valence-corrected chi connectivity index (χ0v) is 9.85. The predicted octanol–water partition coefficient (Wildman–Crippen LogP) is 2.59. The van der Waals surface area contributed by atoms with Crippen LogP contribution in [0, 0.1) is 5.82 Å². The first-order chi connectivity index (χ1) is 7.18. The molecule has 0 radical (unpaired) electrons. The second-order valence-electron chi connectivity index (χ2n) is 3.87. The van der Waals surface area contributed by atoms with E-state index in [1.807, 2.05) is 0 Å². The molecule has 4 heteroatoms. The van der Waals surface area contributed by atoms with Crippen LogP contribution in [0.15, 0.2) is 16.6 Å². The normalized spacial score (nSPS) is 20.8. The molecule has 0 bridgehead atoms. The first kappa shape index (κ1) is 10.9. The molecule has 1 aromatic rings. The molecule has 1 unspecified atom stereocenters. The molecule has 82 valence electrons. The van der Waals surface area contributed by atoms with Gasteiger partial charge in [-0.05, 0) is 53.4 Å². The van der Waals surface area contributed by atoms with Crippen LogP contribution in [0.5, 0.6) is 5.75 Å². The van der Waals surface area contributed by atoms with Crippen LogP contribution in [0.3, 0.4) is 0 Å². The Balaban J connectivity index is 2.17. The fraction of sp³-hybridized carbons (Fsp3) is 0.455. The van der Waals surface area contributed by atoms with Gasteiger partial charge in [-0.1, -0.05) is 6.07 Å². The van der Waals surface area contributed by atoms with Gasteiger partial charge in [0.05, 0.1) is 4.47 Å². The number of rotatable bonds is 2. The van der Waals surface area contributed by atoms with Gasteiger partial charge in [-0.25, -0.2) is 4.39 Å². The lowest BCUT2D eigenvalue weighted by atomic mass is 10.0. The highest BCUT2D eigenvalue weighted by Gasteiger charge is 2.18. The number of aromatic hydroxyl groups is 1. The minimum Gasteiger partial charge on any atom is -0.507 e. The summed E-state index contributed by atoms with van der Waals surface area (Å²) in [5, 5.41) is 12.6. The molecule has 1 saturated heterocycles. The summed E-state index contributed by atoms with van der Waals surface area (Å²) in [6, 6.07) is 3.54. The molecule has 0 amide bonds. The number of phenols is 1. The van der Waals surface area contributed by atoms with E-state index in [9.17, 15) is 9.50 Å². The third-order valence-electron chi connectivity index (χ3n) is 2.77. The Morgan fingerprint density at radius 3 is 3.00 bits per heavy atom. The maximum absolute atomic E-state index is 13.7. The van der Waals surface area contributed by atoms with Gasteiger partial charge in [0.1, 0.15) is 11.6 Å². The van der Waals surface area contributed by atoms with Crippen molar-refractivity contribution >= 4 is 15.9 Å². The highest BCUT2D eigenvalue weighted by Crippen LogP contribution is 2.29. The SMILES string of the molecule is Oc1ccc(CC2CCCN2)c(F)c1Br. The summed E-state index contributed by atoms with van der Waals surface area (Å²) < 4.78 is 13.8. The summed E-state index contributed by atoms with van der Waals surface area (Å²) in [7, 11) is 0. The van der Waals surface area contributed by atoms with E-state index in [1.54, 1.807) is 6.07 Å². The van der Waals surface area contributed by atoms with E-state index < -0.39 is 0 Å². The molecule has 2 N–H and O–H groups in total. The highest BCUT2D eigenvalue weighted by atomic mass is 79.9. The van der Waals surface area contributed by atoms with E-state index in [4.69, 9.17) is 0 Å². The molecule has 2 nitrogen and oxygen atoms in total. The van der Waals surface area contributed by atoms with Crippen molar-refractivity contribution in [1.82, 2.24) is 5.32 Å². The molecule has 15 heavy (non-hydrogen) atoms. The highest BCUT2D eigenvalue weighted by molar-refractivity contribution is 9.10. The third kappa shape index (κ3) is 2.32. The number of benzene rings is 1. The second kappa shape index (κ2) is 4.49. The Bertz CT molecular complexity index is 364. The number of halogens is 2. The van der Waals surface area contributed by atoms with Crippen molar-refractivity contribution in [3.63, 3.8) is 0 Å². The molecule has 2 rings (SSSR count). The smallest absolute Gasteiger partial charge is 0.144 e. The minimum atomic E-state index is -0.344. The van der Waals surface area contributed by atoms with Crippen LogP contribution in [0.2, 0.25) is 0 Å². The van der Waals surface area contributed by atoms with Crippen molar-refractivity contribution in [2.24, 2.45) is 0 Å². The van der Waals surface area contributed by atoms with Crippen molar-refractivity contribution in [3.05, 3.63) is 28.0 Å². The number of hydrogen-bond donors (Lipinski definition) is 2. The van der Waals surface area contributed by atoms with Gasteiger partial charge in [0.25, 0.3) is 0 Å². The summed E-state index contributed by atoms with van der Waals surface area (Å²) in [6.07, 6.45) is 2.94. The van der Waals surface area contributed by atoms with Gasteiger partial charge in [0.2, 0.25) is 0 Å². The van der Waals surface area contributed by atoms with Crippen molar-refractivity contribution in [2.45, 2.75) is 25.3 Å². The van der Waals surface area contributed by atoms with Gasteiger partial charge < -0.3 is 10.4 Å². The lowest BCUT2D eigenvalue weighted by molar-refractivity contribution is 0.461. The van der Waals surface area contributed by atoms with E-state index in [1.165, 1.54) is 6.07 Å². The van der Waals surface area contributed by atoms with Gasteiger partial charge >= 0.3 is 0 Å². The first-order valence-corrected chi connectivity index (χ1v) is 5.87. The summed E-state index contributed by atoms with van der Waals surface area (Å²) in [6.45, 7) is 1.02. The lowest BCUT2D eigenvalue weighted by Crippen LogP contribution is -2.24. The Labute approximate surface area is 96.6 Å². The molecule has 1 fully saturated rings. The van der Waals surface area contributed by atoms with E-state index in [0.29, 0.717) is 18.0 Å². The fourth-order valence-electron chi connectivity index (χ4n) is 1.93. The Kier molecular flexibility index (Phi) is 3.26. The van der Waals surface area contributed by atoms with Gasteiger partial charge in [-0.3, -0.25) is 0 Å². The molecular formula is C11H13BrFNO. The van der Waals surface area contributed by atoms with Crippen LogP contribution in [-0.2, 0) is 6.42 Å². The van der Waals surface area contributed by atoms with Crippen LogP contribution in [0.1, 0.15) is 18.4 Å². The Morgan fingerprint density at radius 2 is 2.33 bits per heavy atom. The van der Waals surface area contributed by atoms with Crippen LogP contribution in [0.25, 0.3) is 0 Å². The largest absolute Gasteiger partial charge is 0.507 e. The summed E-state index contributed by atoms with van der Waals surface area (Å²) in [4.78, 5) is 0. The third-order valence-corrected chi connectivity index (χ3v) is 3.52. The monoisotopic (exact) mass is 273 g/mol. The zero-order chi connectivity index (χ0) is 10.8. The number of nitrogens with one attached hydrogen (secondary N) is 1. The first-order valence-electron chi connectivity index (χ1n) is 5.07. The van der Waals surface area contributed by atoms with Gasteiger partial charge in [0, 0.05) is 6.04 Å². The van der Waals surface area contributed by atoms with Crippen molar-refractivity contribution in [3.8, 4) is 5.75 Å². The maximum Gasteiger partial charge on any atom is 0.144 e. The Hall–Kier alpha value is -0.610.